The summed E-state index contributed by atoms with van der Waals surface area (Å²) in [6.07, 6.45) is 5.81. The smallest absolute Gasteiger partial charge is 0.260 e. The van der Waals surface area contributed by atoms with E-state index in [-0.39, 0.29) is 30.9 Å². The van der Waals surface area contributed by atoms with Crippen molar-refractivity contribution in [2.75, 3.05) is 19.7 Å². The summed E-state index contributed by atoms with van der Waals surface area (Å²) in [4.78, 5) is 34.4. The molecule has 3 rings (SSSR count). The maximum absolute atomic E-state index is 12.5. The Balaban J connectivity index is 1.53. The highest BCUT2D eigenvalue weighted by molar-refractivity contribution is 5.78. The van der Waals surface area contributed by atoms with E-state index in [1.54, 1.807) is 17.0 Å². The average Bonchev–Trinajstić information content (AvgIpc) is 3.14. The highest BCUT2D eigenvalue weighted by atomic mass is 16.5. The van der Waals surface area contributed by atoms with Gasteiger partial charge in [0.15, 0.2) is 6.61 Å². The first-order valence-corrected chi connectivity index (χ1v) is 9.64. The number of nitrogens with zero attached hydrogens (tertiary/aromatic N) is 4. The van der Waals surface area contributed by atoms with Gasteiger partial charge >= 0.3 is 0 Å². The molecule has 2 aromatic rings. The SMILES string of the molecule is CCc1nc(C)ccc1OCC(=O)N1CCC(c2nccn2CC(N)=O)CC1. The second-order valence-corrected chi connectivity index (χ2v) is 7.07. The lowest BCUT2D eigenvalue weighted by molar-refractivity contribution is -0.134. The van der Waals surface area contributed by atoms with Gasteiger partial charge in [0.1, 0.15) is 18.1 Å². The van der Waals surface area contributed by atoms with Crippen LogP contribution in [0, 0.1) is 6.92 Å². The summed E-state index contributed by atoms with van der Waals surface area (Å²) in [5, 5.41) is 0. The predicted octanol–water partition coefficient (Wildman–Crippen LogP) is 1.42. The Hall–Kier alpha value is -2.90. The maximum Gasteiger partial charge on any atom is 0.260 e. The molecule has 0 bridgehead atoms. The van der Waals surface area contributed by atoms with Crippen molar-refractivity contribution in [2.24, 2.45) is 5.73 Å². The van der Waals surface area contributed by atoms with E-state index in [0.29, 0.717) is 18.8 Å². The molecule has 8 heteroatoms. The molecule has 1 aliphatic heterocycles. The number of piperidine rings is 1. The van der Waals surface area contributed by atoms with Crippen molar-refractivity contribution in [1.29, 1.82) is 0 Å². The van der Waals surface area contributed by atoms with Gasteiger partial charge in [0.05, 0.1) is 5.69 Å². The number of rotatable bonds is 7. The van der Waals surface area contributed by atoms with Crippen LogP contribution in [0.5, 0.6) is 5.75 Å². The minimum absolute atomic E-state index is 0.0126. The van der Waals surface area contributed by atoms with E-state index in [1.807, 2.05) is 30.9 Å². The second-order valence-electron chi connectivity index (χ2n) is 7.07. The summed E-state index contributed by atoms with van der Waals surface area (Å²) >= 11 is 0. The van der Waals surface area contributed by atoms with E-state index in [2.05, 4.69) is 9.97 Å². The number of nitrogens with two attached hydrogens (primary N) is 1. The fourth-order valence-corrected chi connectivity index (χ4v) is 3.58. The number of ether oxygens (including phenoxy) is 1. The van der Waals surface area contributed by atoms with Crippen LogP contribution in [-0.4, -0.2) is 50.9 Å². The molecule has 1 aliphatic rings. The summed E-state index contributed by atoms with van der Waals surface area (Å²) in [7, 11) is 0. The van der Waals surface area contributed by atoms with E-state index in [4.69, 9.17) is 10.5 Å². The molecule has 0 saturated carbocycles. The molecule has 1 fully saturated rings. The first-order valence-electron chi connectivity index (χ1n) is 9.64. The number of hydrogen-bond donors (Lipinski definition) is 1. The molecule has 2 amide bonds. The third-order valence-corrected chi connectivity index (χ3v) is 5.04. The van der Waals surface area contributed by atoms with Gasteiger partial charge in [-0.3, -0.25) is 14.6 Å². The molecule has 0 unspecified atom stereocenters. The third-order valence-electron chi connectivity index (χ3n) is 5.04. The van der Waals surface area contributed by atoms with Crippen LogP contribution >= 0.6 is 0 Å². The number of amides is 2. The Morgan fingerprint density at radius 2 is 2.04 bits per heavy atom. The first kappa shape index (κ1) is 19.9. The highest BCUT2D eigenvalue weighted by Crippen LogP contribution is 2.27. The number of carbonyl (C=O) groups is 2. The van der Waals surface area contributed by atoms with Gasteiger partial charge in [0, 0.05) is 37.1 Å². The Morgan fingerprint density at radius 1 is 1.29 bits per heavy atom. The average molecular weight is 385 g/mol. The van der Waals surface area contributed by atoms with E-state index in [9.17, 15) is 9.59 Å². The molecular formula is C20H27N5O3. The number of aryl methyl sites for hydroxylation is 2. The lowest BCUT2D eigenvalue weighted by atomic mass is 9.96. The molecule has 0 atom stereocenters. The van der Waals surface area contributed by atoms with E-state index in [1.165, 1.54) is 0 Å². The quantitative estimate of drug-likeness (QED) is 0.776. The van der Waals surface area contributed by atoms with Crippen LogP contribution in [0.2, 0.25) is 0 Å². The van der Waals surface area contributed by atoms with Crippen LogP contribution in [0.1, 0.15) is 42.9 Å². The molecule has 3 heterocycles. The highest BCUT2D eigenvalue weighted by Gasteiger charge is 2.27. The van der Waals surface area contributed by atoms with E-state index < -0.39 is 0 Å². The molecule has 0 aliphatic carbocycles. The number of likely N-dealkylation sites (tertiary alicyclic amines) is 1. The topological polar surface area (TPSA) is 103 Å². The van der Waals surface area contributed by atoms with Crippen LogP contribution in [0.25, 0.3) is 0 Å². The van der Waals surface area contributed by atoms with Gasteiger partial charge in [-0.1, -0.05) is 6.92 Å². The number of aromatic nitrogens is 3. The van der Waals surface area contributed by atoms with Crippen molar-refractivity contribution < 1.29 is 14.3 Å². The van der Waals surface area contributed by atoms with Crippen LogP contribution in [0.15, 0.2) is 24.5 Å². The third kappa shape index (κ3) is 4.68. The van der Waals surface area contributed by atoms with Crippen molar-refractivity contribution >= 4 is 11.8 Å². The number of carbonyl (C=O) groups excluding carboxylic acids is 2. The molecule has 8 nitrogen and oxygen atoms in total. The van der Waals surface area contributed by atoms with Gasteiger partial charge in [-0.2, -0.15) is 0 Å². The van der Waals surface area contributed by atoms with Gasteiger partial charge in [-0.05, 0) is 38.3 Å². The van der Waals surface area contributed by atoms with Gasteiger partial charge in [-0.25, -0.2) is 4.98 Å². The molecule has 0 aromatic carbocycles. The Kier molecular flexibility index (Phi) is 6.28. The monoisotopic (exact) mass is 385 g/mol. The number of pyridine rings is 1. The second kappa shape index (κ2) is 8.86. The van der Waals surface area contributed by atoms with Crippen molar-refractivity contribution in [2.45, 2.75) is 45.6 Å². The minimum atomic E-state index is -0.388. The minimum Gasteiger partial charge on any atom is -0.482 e. The van der Waals surface area contributed by atoms with Crippen LogP contribution < -0.4 is 10.5 Å². The molecule has 28 heavy (non-hydrogen) atoms. The normalized spacial score (nSPS) is 14.9. The fraction of sp³-hybridized carbons (Fsp3) is 0.500. The maximum atomic E-state index is 12.5. The molecule has 2 N–H and O–H groups in total. The van der Waals surface area contributed by atoms with Gasteiger partial charge in [-0.15, -0.1) is 0 Å². The zero-order chi connectivity index (χ0) is 20.1. The van der Waals surface area contributed by atoms with E-state index >= 15 is 0 Å². The van der Waals surface area contributed by atoms with Gasteiger partial charge in [0.25, 0.3) is 5.91 Å². The summed E-state index contributed by atoms with van der Waals surface area (Å²) in [6.45, 7) is 5.38. The Morgan fingerprint density at radius 3 is 2.71 bits per heavy atom. The van der Waals surface area contributed by atoms with Crippen LogP contribution in [0.3, 0.4) is 0 Å². The number of primary amides is 1. The molecule has 1 saturated heterocycles. The summed E-state index contributed by atoms with van der Waals surface area (Å²) < 4.78 is 7.53. The van der Waals surface area contributed by atoms with Crippen LogP contribution in [-0.2, 0) is 22.6 Å². The molecule has 0 spiro atoms. The fourth-order valence-electron chi connectivity index (χ4n) is 3.58. The standard InChI is InChI=1S/C20H27N5O3/c1-3-16-17(5-4-14(2)23-16)28-13-19(27)24-9-6-15(7-10-24)20-22-8-11-25(20)12-18(21)26/h4-5,8,11,15H,3,6-7,9-10,12-13H2,1-2H3,(H2,21,26). The van der Waals surface area contributed by atoms with Crippen molar-refractivity contribution in [3.8, 4) is 5.75 Å². The summed E-state index contributed by atoms with van der Waals surface area (Å²) in [6, 6.07) is 3.76. The van der Waals surface area contributed by atoms with Gasteiger partial charge < -0.3 is 19.9 Å². The number of hydrogen-bond acceptors (Lipinski definition) is 5. The van der Waals surface area contributed by atoms with Crippen LogP contribution in [0.4, 0.5) is 0 Å². The zero-order valence-electron chi connectivity index (χ0n) is 16.4. The molecule has 0 radical (unpaired) electrons. The molecule has 2 aromatic heterocycles. The lowest BCUT2D eigenvalue weighted by Crippen LogP contribution is -2.41. The Labute approximate surface area is 164 Å². The number of imidazole rings is 1. The van der Waals surface area contributed by atoms with Crippen molar-refractivity contribution in [1.82, 2.24) is 19.4 Å². The predicted molar refractivity (Wildman–Crippen MR) is 104 cm³/mol. The molecular weight excluding hydrogens is 358 g/mol. The summed E-state index contributed by atoms with van der Waals surface area (Å²) in [5.74, 6) is 1.33. The van der Waals surface area contributed by atoms with Crippen molar-refractivity contribution in [3.05, 3.63) is 41.7 Å². The summed E-state index contributed by atoms with van der Waals surface area (Å²) in [5.41, 5.74) is 7.10. The Bertz CT molecular complexity index is 840. The molecule has 150 valence electrons. The lowest BCUT2D eigenvalue weighted by Gasteiger charge is -2.31. The van der Waals surface area contributed by atoms with E-state index in [0.717, 1.165) is 36.5 Å². The zero-order valence-corrected chi connectivity index (χ0v) is 16.4. The van der Waals surface area contributed by atoms with Gasteiger partial charge in [0.2, 0.25) is 5.91 Å². The largest absolute Gasteiger partial charge is 0.482 e. The first-order chi connectivity index (χ1) is 13.5. The van der Waals surface area contributed by atoms with Crippen molar-refractivity contribution in [3.63, 3.8) is 0 Å².